The number of benzene rings is 3. The molecule has 0 unspecified atom stereocenters. The first-order chi connectivity index (χ1) is 15.3. The summed E-state index contributed by atoms with van der Waals surface area (Å²) in [5.74, 6) is 0. The second-order valence-corrected chi connectivity index (χ2v) is 7.65. The third-order valence-electron chi connectivity index (χ3n) is 5.71. The Morgan fingerprint density at radius 2 is 1.90 bits per heavy atom. The van der Waals surface area contributed by atoms with Crippen molar-refractivity contribution in [2.24, 2.45) is 0 Å². The number of H-pyrrole nitrogens is 1. The number of nitrogens with zero attached hydrogens (tertiary/aromatic N) is 6. The van der Waals surface area contributed by atoms with Crippen LogP contribution in [0.3, 0.4) is 0 Å². The minimum atomic E-state index is 0.723. The highest BCUT2D eigenvalue weighted by Crippen LogP contribution is 2.26. The Morgan fingerprint density at radius 1 is 0.968 bits per heavy atom. The molecule has 0 bridgehead atoms. The van der Waals surface area contributed by atoms with Crippen LogP contribution in [0.1, 0.15) is 11.1 Å². The lowest BCUT2D eigenvalue weighted by Gasteiger charge is -2.10. The van der Waals surface area contributed by atoms with Gasteiger partial charge in [0, 0.05) is 17.1 Å². The molecule has 7 heteroatoms. The van der Waals surface area contributed by atoms with E-state index in [1.165, 1.54) is 11.1 Å². The Balaban J connectivity index is 1.43. The van der Waals surface area contributed by atoms with E-state index in [1.807, 2.05) is 52.1 Å². The van der Waals surface area contributed by atoms with Crippen LogP contribution in [-0.2, 0) is 6.54 Å². The first-order valence-corrected chi connectivity index (χ1v) is 10.1. The first kappa shape index (κ1) is 17.6. The third-order valence-corrected chi connectivity index (χ3v) is 5.71. The lowest BCUT2D eigenvalue weighted by Crippen LogP contribution is -2.05. The van der Waals surface area contributed by atoms with Gasteiger partial charge in [0.15, 0.2) is 0 Å². The summed E-state index contributed by atoms with van der Waals surface area (Å²) < 4.78 is 3.90. The largest absolute Gasteiger partial charge is 0.278 e. The molecular weight excluding hydrogens is 386 g/mol. The van der Waals surface area contributed by atoms with E-state index in [9.17, 15) is 0 Å². The molecule has 0 saturated heterocycles. The standard InChI is InChI=1S/C24H19N7/c1-16-4-2-3-5-19(16)15-30-23(10-11-26-30)17-7-9-21-24(12-17)31(29-28-21)20-8-6-18-14-25-27-22(18)13-20/h2-14H,15H2,1H3,(H,25,27). The van der Waals surface area contributed by atoms with E-state index in [0.717, 1.165) is 45.4 Å². The number of aryl methyl sites for hydroxylation is 1. The maximum absolute atomic E-state index is 4.57. The van der Waals surface area contributed by atoms with Crippen molar-refractivity contribution in [3.8, 4) is 16.9 Å². The minimum Gasteiger partial charge on any atom is -0.278 e. The highest BCUT2D eigenvalue weighted by molar-refractivity contribution is 5.84. The van der Waals surface area contributed by atoms with Gasteiger partial charge in [0.1, 0.15) is 5.52 Å². The highest BCUT2D eigenvalue weighted by Gasteiger charge is 2.12. The van der Waals surface area contributed by atoms with Gasteiger partial charge in [0.25, 0.3) is 0 Å². The number of aromatic nitrogens is 7. The maximum atomic E-state index is 4.57. The van der Waals surface area contributed by atoms with Crippen molar-refractivity contribution in [3.63, 3.8) is 0 Å². The summed E-state index contributed by atoms with van der Waals surface area (Å²) in [7, 11) is 0. The molecule has 1 N–H and O–H groups in total. The van der Waals surface area contributed by atoms with Crippen LogP contribution in [0.15, 0.2) is 79.1 Å². The van der Waals surface area contributed by atoms with Crippen LogP contribution in [0.5, 0.6) is 0 Å². The van der Waals surface area contributed by atoms with Crippen molar-refractivity contribution in [1.82, 2.24) is 35.0 Å². The Morgan fingerprint density at radius 3 is 2.84 bits per heavy atom. The normalized spacial score (nSPS) is 11.5. The van der Waals surface area contributed by atoms with E-state index in [1.54, 1.807) is 0 Å². The number of nitrogens with one attached hydrogen (secondary N) is 1. The van der Waals surface area contributed by atoms with Crippen LogP contribution in [0, 0.1) is 6.92 Å². The summed E-state index contributed by atoms with van der Waals surface area (Å²) in [5.41, 5.74) is 8.34. The van der Waals surface area contributed by atoms with E-state index in [2.05, 4.69) is 68.9 Å². The van der Waals surface area contributed by atoms with Gasteiger partial charge in [-0.2, -0.15) is 10.2 Å². The van der Waals surface area contributed by atoms with Gasteiger partial charge in [-0.25, -0.2) is 4.68 Å². The molecule has 6 aromatic rings. The predicted molar refractivity (Wildman–Crippen MR) is 120 cm³/mol. The van der Waals surface area contributed by atoms with Crippen LogP contribution in [0.25, 0.3) is 38.9 Å². The molecule has 0 saturated carbocycles. The summed E-state index contributed by atoms with van der Waals surface area (Å²) >= 11 is 0. The fourth-order valence-corrected chi connectivity index (χ4v) is 3.98. The van der Waals surface area contributed by atoms with Gasteiger partial charge < -0.3 is 0 Å². The Labute approximate surface area is 177 Å². The van der Waals surface area contributed by atoms with E-state index in [4.69, 9.17) is 0 Å². The zero-order valence-electron chi connectivity index (χ0n) is 16.9. The van der Waals surface area contributed by atoms with Gasteiger partial charge in [-0.1, -0.05) is 35.5 Å². The Bertz CT molecular complexity index is 1540. The van der Waals surface area contributed by atoms with Crippen LogP contribution >= 0.6 is 0 Å². The van der Waals surface area contributed by atoms with Crippen molar-refractivity contribution in [3.05, 3.63) is 90.3 Å². The second-order valence-electron chi connectivity index (χ2n) is 7.65. The molecule has 31 heavy (non-hydrogen) atoms. The van der Waals surface area contributed by atoms with Crippen LogP contribution < -0.4 is 0 Å². The van der Waals surface area contributed by atoms with Gasteiger partial charge in [-0.05, 0) is 54.4 Å². The first-order valence-electron chi connectivity index (χ1n) is 10.1. The summed E-state index contributed by atoms with van der Waals surface area (Å²) in [6, 6.07) is 22.8. The van der Waals surface area contributed by atoms with Gasteiger partial charge in [-0.3, -0.25) is 9.78 Å². The lowest BCUT2D eigenvalue weighted by molar-refractivity contribution is 0.691. The molecule has 3 heterocycles. The molecule has 3 aromatic carbocycles. The monoisotopic (exact) mass is 405 g/mol. The third kappa shape index (κ3) is 2.98. The molecular formula is C24H19N7. The molecule has 150 valence electrons. The van der Waals surface area contributed by atoms with E-state index >= 15 is 0 Å². The Kier molecular flexibility index (Phi) is 3.92. The molecule has 0 aliphatic heterocycles. The number of aromatic amines is 1. The fraction of sp³-hybridized carbons (Fsp3) is 0.0833. The van der Waals surface area contributed by atoms with Crippen LogP contribution in [0.2, 0.25) is 0 Å². The Hall–Kier alpha value is -4.26. The average Bonchev–Trinajstić information content (AvgIpc) is 3.53. The van der Waals surface area contributed by atoms with Crippen molar-refractivity contribution in [2.75, 3.05) is 0 Å². The predicted octanol–water partition coefficient (Wildman–Crippen LogP) is 4.52. The molecule has 0 amide bonds. The molecule has 7 nitrogen and oxygen atoms in total. The second kappa shape index (κ2) is 6.91. The van der Waals surface area contributed by atoms with Crippen molar-refractivity contribution in [2.45, 2.75) is 13.5 Å². The van der Waals surface area contributed by atoms with Crippen molar-refractivity contribution < 1.29 is 0 Å². The van der Waals surface area contributed by atoms with Crippen LogP contribution in [-0.4, -0.2) is 35.0 Å². The zero-order chi connectivity index (χ0) is 20.8. The minimum absolute atomic E-state index is 0.723. The number of hydrogen-bond donors (Lipinski definition) is 1. The molecule has 3 aromatic heterocycles. The summed E-state index contributed by atoms with van der Waals surface area (Å²) in [5, 5.41) is 21.5. The fourth-order valence-electron chi connectivity index (χ4n) is 3.98. The number of fused-ring (bicyclic) bond motifs is 2. The zero-order valence-corrected chi connectivity index (χ0v) is 16.9. The molecule has 0 atom stereocenters. The molecule has 6 rings (SSSR count). The number of rotatable bonds is 4. The summed E-state index contributed by atoms with van der Waals surface area (Å²) in [6.45, 7) is 2.85. The smallest absolute Gasteiger partial charge is 0.113 e. The van der Waals surface area contributed by atoms with E-state index in [-0.39, 0.29) is 0 Å². The van der Waals surface area contributed by atoms with Gasteiger partial charge >= 0.3 is 0 Å². The molecule has 0 aliphatic carbocycles. The molecule has 0 aliphatic rings. The SMILES string of the molecule is Cc1ccccc1Cn1nccc1-c1ccc2nnn(-c3ccc4cn[nH]c4c3)c2c1. The number of hydrogen-bond acceptors (Lipinski definition) is 4. The average molecular weight is 405 g/mol. The van der Waals surface area contributed by atoms with Crippen molar-refractivity contribution >= 4 is 21.9 Å². The quantitative estimate of drug-likeness (QED) is 0.468. The summed E-state index contributed by atoms with van der Waals surface area (Å²) in [6.07, 6.45) is 3.66. The van der Waals surface area contributed by atoms with E-state index in [0.29, 0.717) is 0 Å². The summed E-state index contributed by atoms with van der Waals surface area (Å²) in [4.78, 5) is 0. The van der Waals surface area contributed by atoms with Gasteiger partial charge in [-0.15, -0.1) is 5.10 Å². The topological polar surface area (TPSA) is 77.2 Å². The molecule has 0 spiro atoms. The highest BCUT2D eigenvalue weighted by atomic mass is 15.4. The van der Waals surface area contributed by atoms with Gasteiger partial charge in [0.2, 0.25) is 0 Å². The molecule has 0 fully saturated rings. The maximum Gasteiger partial charge on any atom is 0.113 e. The van der Waals surface area contributed by atoms with Crippen LogP contribution in [0.4, 0.5) is 0 Å². The lowest BCUT2D eigenvalue weighted by atomic mass is 10.1. The van der Waals surface area contributed by atoms with Gasteiger partial charge in [0.05, 0.1) is 35.2 Å². The van der Waals surface area contributed by atoms with E-state index < -0.39 is 0 Å². The molecule has 0 radical (unpaired) electrons. The van der Waals surface area contributed by atoms with Crippen molar-refractivity contribution in [1.29, 1.82) is 0 Å².